The number of aromatic nitrogens is 4. The molecule has 1 heterocycles. The molecule has 2 aromatic rings. The van der Waals surface area contributed by atoms with Crippen LogP contribution in [0.1, 0.15) is 0 Å². The normalized spacial score (nSPS) is 10.5. The summed E-state index contributed by atoms with van der Waals surface area (Å²) < 4.78 is 1.54. The monoisotopic (exact) mass is 224 g/mol. The van der Waals surface area contributed by atoms with Crippen molar-refractivity contribution < 1.29 is 5.11 Å². The molecule has 0 bridgehead atoms. The van der Waals surface area contributed by atoms with Crippen molar-refractivity contribution in [3.63, 3.8) is 0 Å². The molecule has 1 N–H and O–H groups in total. The lowest BCUT2D eigenvalue weighted by atomic mass is 10.2. The predicted molar refractivity (Wildman–Crippen MR) is 55.3 cm³/mol. The first kappa shape index (κ1) is 10.1. The van der Waals surface area contributed by atoms with Crippen LogP contribution in [0.15, 0.2) is 24.3 Å². The third kappa shape index (κ3) is 2.14. The summed E-state index contributed by atoms with van der Waals surface area (Å²) in [6, 6.07) is 7.22. The van der Waals surface area contributed by atoms with Crippen LogP contribution in [-0.2, 0) is 6.54 Å². The van der Waals surface area contributed by atoms with Crippen LogP contribution >= 0.6 is 11.6 Å². The van der Waals surface area contributed by atoms with Crippen molar-refractivity contribution in [1.82, 2.24) is 20.2 Å². The number of aliphatic hydroxyl groups is 1. The van der Waals surface area contributed by atoms with E-state index in [0.29, 0.717) is 17.4 Å². The number of halogens is 1. The average molecular weight is 225 g/mol. The Balaban J connectivity index is 2.36. The van der Waals surface area contributed by atoms with Gasteiger partial charge in [0.25, 0.3) is 0 Å². The molecule has 6 heteroatoms. The number of aliphatic hydroxyl groups excluding tert-OH is 1. The summed E-state index contributed by atoms with van der Waals surface area (Å²) in [6.07, 6.45) is 0. The van der Waals surface area contributed by atoms with Crippen molar-refractivity contribution in [2.75, 3.05) is 6.61 Å². The van der Waals surface area contributed by atoms with Gasteiger partial charge in [-0.3, -0.25) is 0 Å². The van der Waals surface area contributed by atoms with E-state index in [4.69, 9.17) is 16.7 Å². The largest absolute Gasteiger partial charge is 0.394 e. The molecule has 1 aromatic heterocycles. The second-order valence-corrected chi connectivity index (χ2v) is 3.39. The minimum atomic E-state index is 0.00559. The molecule has 0 fully saturated rings. The number of tetrazole rings is 1. The molecule has 0 radical (unpaired) electrons. The molecule has 78 valence electrons. The predicted octanol–water partition coefficient (Wildman–Crippen LogP) is 0.986. The molecule has 2 rings (SSSR count). The molecular weight excluding hydrogens is 216 g/mol. The van der Waals surface area contributed by atoms with Gasteiger partial charge in [-0.1, -0.05) is 11.6 Å². The zero-order chi connectivity index (χ0) is 10.7. The third-order valence-electron chi connectivity index (χ3n) is 1.95. The summed E-state index contributed by atoms with van der Waals surface area (Å²) in [5.41, 5.74) is 0.873. The van der Waals surface area contributed by atoms with Gasteiger partial charge in [0.2, 0.25) is 0 Å². The maximum atomic E-state index is 8.82. The average Bonchev–Trinajstić information content (AvgIpc) is 2.68. The van der Waals surface area contributed by atoms with Gasteiger partial charge in [0.05, 0.1) is 13.2 Å². The van der Waals surface area contributed by atoms with E-state index in [1.54, 1.807) is 16.8 Å². The van der Waals surface area contributed by atoms with Crippen molar-refractivity contribution in [3.8, 4) is 11.4 Å². The minimum absolute atomic E-state index is 0.00559. The van der Waals surface area contributed by atoms with Crippen LogP contribution in [0.2, 0.25) is 5.02 Å². The first-order valence-electron chi connectivity index (χ1n) is 4.44. The highest BCUT2D eigenvalue weighted by Gasteiger charge is 2.07. The van der Waals surface area contributed by atoms with E-state index < -0.39 is 0 Å². The Morgan fingerprint density at radius 1 is 1.27 bits per heavy atom. The molecular formula is C9H9ClN4O. The summed E-state index contributed by atoms with van der Waals surface area (Å²) in [6.45, 7) is 0.386. The molecule has 0 aliphatic carbocycles. The minimum Gasteiger partial charge on any atom is -0.394 e. The highest BCUT2D eigenvalue weighted by molar-refractivity contribution is 6.30. The fourth-order valence-electron chi connectivity index (χ4n) is 1.26. The van der Waals surface area contributed by atoms with Gasteiger partial charge in [0, 0.05) is 10.6 Å². The van der Waals surface area contributed by atoms with Gasteiger partial charge in [-0.05, 0) is 34.7 Å². The quantitative estimate of drug-likeness (QED) is 0.845. The fraction of sp³-hybridized carbons (Fsp3) is 0.222. The second-order valence-electron chi connectivity index (χ2n) is 2.96. The number of nitrogens with zero attached hydrogens (tertiary/aromatic N) is 4. The van der Waals surface area contributed by atoms with Gasteiger partial charge < -0.3 is 5.11 Å². The first-order chi connectivity index (χ1) is 7.31. The first-order valence-corrected chi connectivity index (χ1v) is 4.82. The molecule has 0 aliphatic rings. The van der Waals surface area contributed by atoms with E-state index >= 15 is 0 Å². The van der Waals surface area contributed by atoms with Gasteiger partial charge in [0.1, 0.15) is 0 Å². The summed E-state index contributed by atoms with van der Waals surface area (Å²) in [5.74, 6) is 0.626. The molecule has 0 atom stereocenters. The Hall–Kier alpha value is -1.46. The summed E-state index contributed by atoms with van der Waals surface area (Å²) in [4.78, 5) is 0. The van der Waals surface area contributed by atoms with E-state index in [2.05, 4.69) is 15.5 Å². The zero-order valence-corrected chi connectivity index (χ0v) is 8.59. The Kier molecular flexibility index (Phi) is 2.94. The molecule has 0 saturated heterocycles. The third-order valence-corrected chi connectivity index (χ3v) is 2.20. The van der Waals surface area contributed by atoms with Crippen LogP contribution in [0.4, 0.5) is 0 Å². The van der Waals surface area contributed by atoms with Crippen molar-refractivity contribution >= 4 is 11.6 Å². The summed E-state index contributed by atoms with van der Waals surface area (Å²) in [7, 11) is 0. The van der Waals surface area contributed by atoms with Gasteiger partial charge in [-0.25, -0.2) is 4.68 Å². The van der Waals surface area contributed by atoms with Crippen molar-refractivity contribution in [2.45, 2.75) is 6.54 Å². The summed E-state index contributed by atoms with van der Waals surface area (Å²) >= 11 is 5.78. The lowest BCUT2D eigenvalue weighted by molar-refractivity contribution is 0.269. The van der Waals surface area contributed by atoms with Gasteiger partial charge in [-0.15, -0.1) is 5.10 Å². The number of rotatable bonds is 3. The lowest BCUT2D eigenvalue weighted by Crippen LogP contribution is -2.06. The van der Waals surface area contributed by atoms with Crippen LogP contribution in [0, 0.1) is 0 Å². The summed E-state index contributed by atoms with van der Waals surface area (Å²) in [5, 5.41) is 20.7. The smallest absolute Gasteiger partial charge is 0.182 e. The maximum absolute atomic E-state index is 8.82. The van der Waals surface area contributed by atoms with Crippen molar-refractivity contribution in [2.24, 2.45) is 0 Å². The molecule has 1 aromatic carbocycles. The fourth-order valence-corrected chi connectivity index (χ4v) is 1.38. The van der Waals surface area contributed by atoms with E-state index in [1.165, 1.54) is 0 Å². The van der Waals surface area contributed by atoms with Gasteiger partial charge in [-0.2, -0.15) is 0 Å². The zero-order valence-electron chi connectivity index (χ0n) is 7.84. The molecule has 0 saturated carbocycles. The molecule has 5 nitrogen and oxygen atoms in total. The van der Waals surface area contributed by atoms with Crippen molar-refractivity contribution in [1.29, 1.82) is 0 Å². The topological polar surface area (TPSA) is 63.8 Å². The molecule has 0 unspecified atom stereocenters. The van der Waals surface area contributed by atoms with Gasteiger partial charge >= 0.3 is 0 Å². The highest BCUT2D eigenvalue weighted by atomic mass is 35.5. The van der Waals surface area contributed by atoms with E-state index in [-0.39, 0.29) is 6.61 Å². The highest BCUT2D eigenvalue weighted by Crippen LogP contribution is 2.18. The Morgan fingerprint density at radius 2 is 2.00 bits per heavy atom. The van der Waals surface area contributed by atoms with Crippen LogP contribution in [0.3, 0.4) is 0 Å². The number of benzene rings is 1. The second kappa shape index (κ2) is 4.37. The Morgan fingerprint density at radius 3 is 2.67 bits per heavy atom. The number of hydrogen-bond donors (Lipinski definition) is 1. The van der Waals surface area contributed by atoms with Crippen LogP contribution < -0.4 is 0 Å². The van der Waals surface area contributed by atoms with E-state index in [1.807, 2.05) is 12.1 Å². The van der Waals surface area contributed by atoms with Crippen LogP contribution in [0.5, 0.6) is 0 Å². The van der Waals surface area contributed by atoms with Crippen molar-refractivity contribution in [3.05, 3.63) is 29.3 Å². The molecule has 0 amide bonds. The molecule has 0 aliphatic heterocycles. The van der Waals surface area contributed by atoms with E-state index in [0.717, 1.165) is 5.56 Å². The lowest BCUT2D eigenvalue weighted by Gasteiger charge is -2.01. The Labute approximate surface area is 91.3 Å². The van der Waals surface area contributed by atoms with Gasteiger partial charge in [0.15, 0.2) is 5.82 Å². The van der Waals surface area contributed by atoms with Crippen LogP contribution in [-0.4, -0.2) is 31.9 Å². The number of hydrogen-bond acceptors (Lipinski definition) is 4. The Bertz CT molecular complexity index is 440. The maximum Gasteiger partial charge on any atom is 0.182 e. The molecule has 0 spiro atoms. The standard InChI is InChI=1S/C9H9ClN4O/c10-8-3-1-7(2-4-8)9-11-12-13-14(9)5-6-15/h1-4,15H,5-6H2. The molecule has 15 heavy (non-hydrogen) atoms. The van der Waals surface area contributed by atoms with E-state index in [9.17, 15) is 0 Å². The SMILES string of the molecule is OCCn1nnnc1-c1ccc(Cl)cc1. The van der Waals surface area contributed by atoms with Crippen LogP contribution in [0.25, 0.3) is 11.4 Å².